The lowest BCUT2D eigenvalue weighted by Crippen LogP contribution is -2.08. The maximum absolute atomic E-state index is 10.1. The first-order valence-corrected chi connectivity index (χ1v) is 5.76. The van der Waals surface area contributed by atoms with E-state index in [2.05, 4.69) is 29.4 Å². The van der Waals surface area contributed by atoms with Crippen LogP contribution in [-0.2, 0) is 7.05 Å². The summed E-state index contributed by atoms with van der Waals surface area (Å²) in [6.45, 7) is 2.11. The van der Waals surface area contributed by atoms with Gasteiger partial charge in [0.1, 0.15) is 0 Å². The van der Waals surface area contributed by atoms with Crippen molar-refractivity contribution >= 4 is 0 Å². The quantitative estimate of drug-likeness (QED) is 0.876. The lowest BCUT2D eigenvalue weighted by molar-refractivity contribution is 0.150. The van der Waals surface area contributed by atoms with Crippen molar-refractivity contribution < 1.29 is 5.11 Å². The summed E-state index contributed by atoms with van der Waals surface area (Å²) in [7, 11) is 1.79. The molecule has 1 aromatic carbocycles. The highest BCUT2D eigenvalue weighted by atomic mass is 16.3. The van der Waals surface area contributed by atoms with E-state index < -0.39 is 6.10 Å². The van der Waals surface area contributed by atoms with E-state index in [1.807, 2.05) is 18.2 Å². The van der Waals surface area contributed by atoms with E-state index in [1.165, 1.54) is 5.56 Å². The van der Waals surface area contributed by atoms with Gasteiger partial charge in [-0.25, -0.2) is 4.68 Å². The van der Waals surface area contributed by atoms with Gasteiger partial charge in [-0.3, -0.25) is 0 Å². The van der Waals surface area contributed by atoms with E-state index >= 15 is 0 Å². The van der Waals surface area contributed by atoms with Gasteiger partial charge in [-0.1, -0.05) is 42.5 Å². The number of hydrogen-bond acceptors (Lipinski definition) is 3. The summed E-state index contributed by atoms with van der Waals surface area (Å²) in [6.07, 6.45) is 1.76. The summed E-state index contributed by atoms with van der Waals surface area (Å²) in [4.78, 5) is 0. The molecule has 0 aliphatic carbocycles. The summed E-state index contributed by atoms with van der Waals surface area (Å²) in [6, 6.07) is 10.2. The van der Waals surface area contributed by atoms with Crippen LogP contribution in [0.5, 0.6) is 0 Å². The number of nitrogens with zero attached hydrogens (tertiary/aromatic N) is 3. The van der Waals surface area contributed by atoms with Crippen molar-refractivity contribution in [1.82, 2.24) is 15.0 Å². The lowest BCUT2D eigenvalue weighted by atomic mass is 9.94. The molecule has 2 rings (SSSR count). The largest absolute Gasteiger partial charge is 0.387 e. The van der Waals surface area contributed by atoms with Crippen LogP contribution in [-0.4, -0.2) is 20.1 Å². The van der Waals surface area contributed by atoms with Gasteiger partial charge in [-0.2, -0.15) is 0 Å². The van der Waals surface area contributed by atoms with E-state index in [0.29, 0.717) is 12.3 Å². The third kappa shape index (κ3) is 2.71. The van der Waals surface area contributed by atoms with Crippen LogP contribution in [0.3, 0.4) is 0 Å². The Morgan fingerprint density at radius 1 is 1.29 bits per heavy atom. The molecule has 0 saturated carbocycles. The van der Waals surface area contributed by atoms with Crippen LogP contribution in [0.1, 0.15) is 36.6 Å². The van der Waals surface area contributed by atoms with Crippen LogP contribution < -0.4 is 0 Å². The normalized spacial score (nSPS) is 14.5. The van der Waals surface area contributed by atoms with Gasteiger partial charge in [0.15, 0.2) is 0 Å². The molecule has 1 N–H and O–H groups in total. The average molecular weight is 231 g/mol. The van der Waals surface area contributed by atoms with Gasteiger partial charge in [0, 0.05) is 7.05 Å². The van der Waals surface area contributed by atoms with Crippen molar-refractivity contribution in [3.63, 3.8) is 0 Å². The van der Waals surface area contributed by atoms with Crippen molar-refractivity contribution in [2.75, 3.05) is 0 Å². The minimum Gasteiger partial charge on any atom is -0.387 e. The van der Waals surface area contributed by atoms with E-state index in [0.717, 1.165) is 5.69 Å². The molecule has 0 amide bonds. The Morgan fingerprint density at radius 3 is 2.59 bits per heavy atom. The third-order valence-electron chi connectivity index (χ3n) is 3.04. The first-order chi connectivity index (χ1) is 8.18. The zero-order valence-electron chi connectivity index (χ0n) is 10.1. The molecule has 0 fully saturated rings. The Kier molecular flexibility index (Phi) is 3.54. The zero-order valence-corrected chi connectivity index (χ0v) is 10.1. The summed E-state index contributed by atoms with van der Waals surface area (Å²) in [5.41, 5.74) is 1.99. The number of rotatable bonds is 4. The van der Waals surface area contributed by atoms with Gasteiger partial charge >= 0.3 is 0 Å². The predicted molar refractivity (Wildman–Crippen MR) is 65.4 cm³/mol. The maximum atomic E-state index is 10.1. The number of aryl methyl sites for hydroxylation is 1. The van der Waals surface area contributed by atoms with Gasteiger partial charge in [0.25, 0.3) is 0 Å². The van der Waals surface area contributed by atoms with E-state index in [4.69, 9.17) is 0 Å². The van der Waals surface area contributed by atoms with Crippen molar-refractivity contribution in [3.05, 3.63) is 47.8 Å². The molecular weight excluding hydrogens is 214 g/mol. The molecule has 90 valence electrons. The second-order valence-electron chi connectivity index (χ2n) is 4.35. The number of benzene rings is 1. The van der Waals surface area contributed by atoms with Crippen LogP contribution >= 0.6 is 0 Å². The minimum absolute atomic E-state index is 0.307. The molecule has 4 heteroatoms. The molecule has 0 aliphatic rings. The molecule has 0 spiro atoms. The van der Waals surface area contributed by atoms with E-state index in [1.54, 1.807) is 17.9 Å². The molecule has 1 aromatic heterocycles. The zero-order chi connectivity index (χ0) is 12.3. The average Bonchev–Trinajstić information content (AvgIpc) is 2.76. The fourth-order valence-corrected chi connectivity index (χ4v) is 1.97. The van der Waals surface area contributed by atoms with Gasteiger partial charge in [-0.15, -0.1) is 5.10 Å². The summed E-state index contributed by atoms with van der Waals surface area (Å²) >= 11 is 0. The number of aromatic nitrogens is 3. The number of aliphatic hydroxyl groups excluding tert-OH is 1. The fourth-order valence-electron chi connectivity index (χ4n) is 1.97. The van der Waals surface area contributed by atoms with Crippen molar-refractivity contribution in [2.45, 2.75) is 25.4 Å². The number of aliphatic hydroxyl groups is 1. The van der Waals surface area contributed by atoms with Gasteiger partial charge in [0.05, 0.1) is 18.0 Å². The summed E-state index contributed by atoms with van der Waals surface area (Å²) in [5.74, 6) is 0.307. The molecule has 2 aromatic rings. The molecule has 0 saturated heterocycles. The lowest BCUT2D eigenvalue weighted by Gasteiger charge is -2.16. The Morgan fingerprint density at radius 2 is 2.00 bits per heavy atom. The van der Waals surface area contributed by atoms with Crippen LogP contribution in [0.4, 0.5) is 0 Å². The highest BCUT2D eigenvalue weighted by molar-refractivity contribution is 5.19. The Labute approximate surface area is 101 Å². The van der Waals surface area contributed by atoms with Crippen molar-refractivity contribution in [3.8, 4) is 0 Å². The predicted octanol–water partition coefficient (Wildman–Crippen LogP) is 2.04. The standard InChI is InChI=1S/C13H17N3O/c1-10(11-6-4-3-5-7-11)8-13(17)12-9-14-15-16(12)2/h3-7,9-10,13,17H,8H2,1-2H3. The second-order valence-corrected chi connectivity index (χ2v) is 4.35. The molecular formula is C13H17N3O. The molecule has 0 aliphatic heterocycles. The Bertz CT molecular complexity index is 467. The SMILES string of the molecule is CC(CC(O)c1cnnn1C)c1ccccc1. The highest BCUT2D eigenvalue weighted by Crippen LogP contribution is 2.26. The van der Waals surface area contributed by atoms with E-state index in [-0.39, 0.29) is 0 Å². The van der Waals surface area contributed by atoms with Crippen LogP contribution in [0.2, 0.25) is 0 Å². The van der Waals surface area contributed by atoms with Crippen LogP contribution in [0, 0.1) is 0 Å². The molecule has 0 bridgehead atoms. The monoisotopic (exact) mass is 231 g/mol. The highest BCUT2D eigenvalue weighted by Gasteiger charge is 2.16. The molecule has 2 atom stereocenters. The summed E-state index contributed by atoms with van der Waals surface area (Å²) < 4.78 is 1.61. The van der Waals surface area contributed by atoms with Crippen molar-refractivity contribution in [1.29, 1.82) is 0 Å². The van der Waals surface area contributed by atoms with Crippen LogP contribution in [0.15, 0.2) is 36.5 Å². The van der Waals surface area contributed by atoms with Gasteiger partial charge in [-0.05, 0) is 17.9 Å². The molecule has 17 heavy (non-hydrogen) atoms. The van der Waals surface area contributed by atoms with Crippen molar-refractivity contribution in [2.24, 2.45) is 7.05 Å². The summed E-state index contributed by atoms with van der Waals surface area (Å²) in [5, 5.41) is 17.7. The third-order valence-corrected chi connectivity index (χ3v) is 3.04. The smallest absolute Gasteiger partial charge is 0.0978 e. The molecule has 2 unspecified atom stereocenters. The Hall–Kier alpha value is -1.68. The first-order valence-electron chi connectivity index (χ1n) is 5.76. The second kappa shape index (κ2) is 5.10. The molecule has 4 nitrogen and oxygen atoms in total. The number of hydrogen-bond donors (Lipinski definition) is 1. The maximum Gasteiger partial charge on any atom is 0.0978 e. The molecule has 1 heterocycles. The Balaban J connectivity index is 2.05. The minimum atomic E-state index is -0.523. The molecule has 0 radical (unpaired) electrons. The van der Waals surface area contributed by atoms with E-state index in [9.17, 15) is 5.11 Å². The van der Waals surface area contributed by atoms with Crippen LogP contribution in [0.25, 0.3) is 0 Å². The fraction of sp³-hybridized carbons (Fsp3) is 0.385. The van der Waals surface area contributed by atoms with Gasteiger partial charge < -0.3 is 5.11 Å². The van der Waals surface area contributed by atoms with Gasteiger partial charge in [0.2, 0.25) is 0 Å². The first kappa shape index (κ1) is 11.8. The topological polar surface area (TPSA) is 50.9 Å².